The fourth-order valence-electron chi connectivity index (χ4n) is 1.08. The third kappa shape index (κ3) is 5.11. The van der Waals surface area contributed by atoms with Crippen LogP contribution in [0.2, 0.25) is 0 Å². The molecule has 0 atom stereocenters. The fourth-order valence-corrected chi connectivity index (χ4v) is 1.08. The van der Waals surface area contributed by atoms with Crippen LogP contribution in [0.3, 0.4) is 0 Å². The van der Waals surface area contributed by atoms with Crippen LogP contribution in [0.15, 0.2) is 6.20 Å². The van der Waals surface area contributed by atoms with E-state index in [-0.39, 0.29) is 6.54 Å². The lowest BCUT2D eigenvalue weighted by atomic mass is 10.3. The van der Waals surface area contributed by atoms with Gasteiger partial charge in [-0.05, 0) is 0 Å². The van der Waals surface area contributed by atoms with Gasteiger partial charge in [0.15, 0.2) is 0 Å². The zero-order valence-corrected chi connectivity index (χ0v) is 9.25. The van der Waals surface area contributed by atoms with E-state index in [1.165, 1.54) is 10.9 Å². The number of aryl methyl sites for hydroxylation is 1. The number of alkyl halides is 3. The van der Waals surface area contributed by atoms with Gasteiger partial charge in [-0.3, -0.25) is 4.68 Å². The molecule has 16 heavy (non-hydrogen) atoms. The Morgan fingerprint density at radius 2 is 2.12 bits per heavy atom. The van der Waals surface area contributed by atoms with E-state index in [1.807, 2.05) is 13.8 Å². The lowest BCUT2D eigenvalue weighted by Gasteiger charge is -2.05. The first-order chi connectivity index (χ1) is 7.37. The van der Waals surface area contributed by atoms with Crippen molar-refractivity contribution in [2.75, 3.05) is 0 Å². The summed E-state index contributed by atoms with van der Waals surface area (Å²) >= 11 is 0. The summed E-state index contributed by atoms with van der Waals surface area (Å²) < 4.78 is 37.0. The van der Waals surface area contributed by atoms with Gasteiger partial charge in [-0.15, -0.1) is 5.10 Å². The van der Waals surface area contributed by atoms with Crippen molar-refractivity contribution in [2.24, 2.45) is 0 Å². The second-order valence-corrected chi connectivity index (χ2v) is 3.87. The van der Waals surface area contributed by atoms with Crippen LogP contribution in [0.25, 0.3) is 0 Å². The van der Waals surface area contributed by atoms with E-state index < -0.39 is 12.6 Å². The van der Waals surface area contributed by atoms with Gasteiger partial charge in [-0.1, -0.05) is 19.1 Å². The lowest BCUT2D eigenvalue weighted by Crippen LogP contribution is -2.21. The van der Waals surface area contributed by atoms with E-state index in [9.17, 15) is 13.2 Å². The van der Waals surface area contributed by atoms with Gasteiger partial charge in [0.05, 0.1) is 18.7 Å². The molecule has 1 N–H and O–H groups in total. The topological polar surface area (TPSA) is 42.7 Å². The molecule has 4 nitrogen and oxygen atoms in total. The zero-order valence-electron chi connectivity index (χ0n) is 9.25. The third-order valence-corrected chi connectivity index (χ3v) is 1.90. The van der Waals surface area contributed by atoms with Crippen LogP contribution in [0, 0.1) is 0 Å². The summed E-state index contributed by atoms with van der Waals surface area (Å²) in [5.74, 6) is 0. The first kappa shape index (κ1) is 13.0. The van der Waals surface area contributed by atoms with Gasteiger partial charge in [0, 0.05) is 18.8 Å². The van der Waals surface area contributed by atoms with Gasteiger partial charge in [0.1, 0.15) is 0 Å². The summed E-state index contributed by atoms with van der Waals surface area (Å²) in [7, 11) is 0. The number of rotatable bonds is 5. The molecule has 0 aliphatic carbocycles. The standard InChI is InChI=1S/C9H15F3N4/c1-7(2)13-5-8-6-16(15-14-8)4-3-9(10,11)12/h6-7,13H,3-5H2,1-2H3. The first-order valence-electron chi connectivity index (χ1n) is 5.06. The molecule has 0 saturated heterocycles. The smallest absolute Gasteiger partial charge is 0.309 e. The minimum atomic E-state index is -4.15. The van der Waals surface area contributed by atoms with Crippen LogP contribution in [-0.2, 0) is 13.1 Å². The molecular weight excluding hydrogens is 221 g/mol. The van der Waals surface area contributed by atoms with Crippen molar-refractivity contribution < 1.29 is 13.2 Å². The third-order valence-electron chi connectivity index (χ3n) is 1.90. The summed E-state index contributed by atoms with van der Waals surface area (Å²) in [6, 6.07) is 0.306. The average molecular weight is 236 g/mol. The van der Waals surface area contributed by atoms with Gasteiger partial charge in [-0.25, -0.2) is 0 Å². The Kier molecular flexibility index (Phi) is 4.28. The predicted molar refractivity (Wildman–Crippen MR) is 52.7 cm³/mol. The number of hydrogen-bond acceptors (Lipinski definition) is 3. The van der Waals surface area contributed by atoms with Gasteiger partial charge in [0.25, 0.3) is 0 Å². The van der Waals surface area contributed by atoms with Crippen molar-refractivity contribution in [3.05, 3.63) is 11.9 Å². The minimum Gasteiger partial charge on any atom is -0.309 e. The molecule has 0 amide bonds. The SMILES string of the molecule is CC(C)NCc1cn(CCC(F)(F)F)nn1. The number of aromatic nitrogens is 3. The molecule has 0 saturated carbocycles. The average Bonchev–Trinajstić information content (AvgIpc) is 2.58. The highest BCUT2D eigenvalue weighted by atomic mass is 19.4. The lowest BCUT2D eigenvalue weighted by molar-refractivity contribution is -0.137. The summed E-state index contributed by atoms with van der Waals surface area (Å²) in [5, 5.41) is 10.5. The van der Waals surface area contributed by atoms with E-state index in [0.717, 1.165) is 0 Å². The number of nitrogens with one attached hydrogen (secondary N) is 1. The predicted octanol–water partition coefficient (Wildman–Crippen LogP) is 1.73. The fraction of sp³-hybridized carbons (Fsp3) is 0.778. The molecule has 0 radical (unpaired) electrons. The maximum Gasteiger partial charge on any atom is 0.390 e. The summed E-state index contributed by atoms with van der Waals surface area (Å²) in [6.45, 7) is 4.30. The van der Waals surface area contributed by atoms with E-state index in [2.05, 4.69) is 15.6 Å². The number of nitrogens with zero attached hydrogens (tertiary/aromatic N) is 3. The van der Waals surface area contributed by atoms with Gasteiger partial charge < -0.3 is 5.32 Å². The Labute approximate surface area is 91.8 Å². The summed E-state index contributed by atoms with van der Waals surface area (Å²) in [4.78, 5) is 0. The van der Waals surface area contributed by atoms with Gasteiger partial charge in [-0.2, -0.15) is 13.2 Å². The first-order valence-corrected chi connectivity index (χ1v) is 5.06. The van der Waals surface area contributed by atoms with E-state index >= 15 is 0 Å². The van der Waals surface area contributed by atoms with E-state index in [4.69, 9.17) is 0 Å². The molecule has 7 heteroatoms. The van der Waals surface area contributed by atoms with Crippen LogP contribution in [0.5, 0.6) is 0 Å². The normalized spacial score (nSPS) is 12.4. The highest BCUT2D eigenvalue weighted by Crippen LogP contribution is 2.19. The van der Waals surface area contributed by atoms with E-state index in [0.29, 0.717) is 18.3 Å². The Hall–Kier alpha value is -1.11. The highest BCUT2D eigenvalue weighted by molar-refractivity contribution is 4.91. The Balaban J connectivity index is 2.39. The Bertz CT molecular complexity index is 319. The quantitative estimate of drug-likeness (QED) is 0.846. The van der Waals surface area contributed by atoms with Gasteiger partial charge in [0.2, 0.25) is 0 Å². The minimum absolute atomic E-state index is 0.182. The van der Waals surface area contributed by atoms with Crippen molar-refractivity contribution in [1.29, 1.82) is 0 Å². The van der Waals surface area contributed by atoms with Crippen molar-refractivity contribution >= 4 is 0 Å². The van der Waals surface area contributed by atoms with Gasteiger partial charge >= 0.3 is 6.18 Å². The molecule has 1 heterocycles. The van der Waals surface area contributed by atoms with Crippen LogP contribution < -0.4 is 5.32 Å². The number of hydrogen-bond donors (Lipinski definition) is 1. The highest BCUT2D eigenvalue weighted by Gasteiger charge is 2.26. The van der Waals surface area contributed by atoms with Crippen LogP contribution >= 0.6 is 0 Å². The molecule has 0 unspecified atom stereocenters. The molecule has 0 fully saturated rings. The van der Waals surface area contributed by atoms with Crippen LogP contribution in [0.4, 0.5) is 13.2 Å². The Morgan fingerprint density at radius 1 is 1.44 bits per heavy atom. The second-order valence-electron chi connectivity index (χ2n) is 3.87. The largest absolute Gasteiger partial charge is 0.390 e. The molecule has 0 aromatic carbocycles. The molecule has 1 aromatic rings. The molecule has 0 spiro atoms. The van der Waals surface area contributed by atoms with Crippen LogP contribution in [0.1, 0.15) is 26.0 Å². The molecule has 0 bridgehead atoms. The molecule has 1 aromatic heterocycles. The van der Waals surface area contributed by atoms with Crippen molar-refractivity contribution in [1.82, 2.24) is 20.3 Å². The Morgan fingerprint density at radius 3 is 2.69 bits per heavy atom. The molecule has 92 valence electrons. The summed E-state index contributed by atoms with van der Waals surface area (Å²) in [6.07, 6.45) is -3.50. The van der Waals surface area contributed by atoms with Crippen molar-refractivity contribution in [3.63, 3.8) is 0 Å². The van der Waals surface area contributed by atoms with E-state index in [1.54, 1.807) is 0 Å². The maximum absolute atomic E-state index is 11.9. The molecule has 0 aliphatic rings. The van der Waals surface area contributed by atoms with Crippen molar-refractivity contribution in [3.8, 4) is 0 Å². The molecular formula is C9H15F3N4. The number of halogens is 3. The van der Waals surface area contributed by atoms with Crippen LogP contribution in [-0.4, -0.2) is 27.2 Å². The monoisotopic (exact) mass is 236 g/mol. The maximum atomic E-state index is 11.9. The molecule has 0 aliphatic heterocycles. The molecule has 1 rings (SSSR count). The zero-order chi connectivity index (χ0) is 12.2. The second kappa shape index (κ2) is 5.29. The van der Waals surface area contributed by atoms with Crippen molar-refractivity contribution in [2.45, 2.75) is 45.6 Å². The summed E-state index contributed by atoms with van der Waals surface area (Å²) in [5.41, 5.74) is 0.649.